The van der Waals surface area contributed by atoms with Crippen LogP contribution in [0.4, 0.5) is 8.78 Å². The first-order valence-corrected chi connectivity index (χ1v) is 13.6. The van der Waals surface area contributed by atoms with Crippen molar-refractivity contribution in [3.63, 3.8) is 0 Å². The average Bonchev–Trinajstić information content (AvgIpc) is 2.94. The van der Waals surface area contributed by atoms with Crippen LogP contribution in [0.3, 0.4) is 0 Å². The minimum atomic E-state index is -0.707. The molecule has 0 spiro atoms. The van der Waals surface area contributed by atoms with Crippen molar-refractivity contribution in [2.75, 3.05) is 26.3 Å². The molecule has 4 unspecified atom stereocenters. The minimum Gasteiger partial charge on any atom is -0.465 e. The summed E-state index contributed by atoms with van der Waals surface area (Å²) in [6, 6.07) is 12.1. The van der Waals surface area contributed by atoms with Gasteiger partial charge in [-0.15, -0.1) is 0 Å². The molecule has 4 atom stereocenters. The fourth-order valence-electron chi connectivity index (χ4n) is 5.12. The molecular weight excluding hydrogens is 506 g/mol. The molecule has 0 aliphatic carbocycles. The molecule has 1 N–H and O–H groups in total. The summed E-state index contributed by atoms with van der Waals surface area (Å²) in [6.07, 6.45) is 2.95. The van der Waals surface area contributed by atoms with Gasteiger partial charge < -0.3 is 19.6 Å². The van der Waals surface area contributed by atoms with Gasteiger partial charge in [0.25, 0.3) is 0 Å². The number of carbonyl (C=O) groups excluding carboxylic acids is 3. The zero-order valence-electron chi connectivity index (χ0n) is 22.8. The van der Waals surface area contributed by atoms with Crippen molar-refractivity contribution in [1.82, 2.24) is 9.80 Å². The number of halogens is 2. The van der Waals surface area contributed by atoms with Gasteiger partial charge in [0.1, 0.15) is 17.6 Å². The van der Waals surface area contributed by atoms with E-state index in [0.29, 0.717) is 19.5 Å². The Labute approximate surface area is 228 Å². The molecule has 2 fully saturated rings. The molecule has 7 nitrogen and oxygen atoms in total. The van der Waals surface area contributed by atoms with Crippen molar-refractivity contribution >= 4 is 17.8 Å². The van der Waals surface area contributed by atoms with E-state index in [4.69, 9.17) is 4.74 Å². The predicted molar refractivity (Wildman–Crippen MR) is 142 cm³/mol. The number of hydrogen-bond donors (Lipinski definition) is 1. The summed E-state index contributed by atoms with van der Waals surface area (Å²) in [5.41, 5.74) is 1.78. The van der Waals surface area contributed by atoms with Gasteiger partial charge in [-0.3, -0.25) is 14.4 Å². The van der Waals surface area contributed by atoms with Crippen molar-refractivity contribution in [2.45, 2.75) is 58.5 Å². The lowest BCUT2D eigenvalue weighted by Crippen LogP contribution is -2.45. The van der Waals surface area contributed by atoms with Crippen molar-refractivity contribution in [1.29, 1.82) is 0 Å². The third-order valence-electron chi connectivity index (χ3n) is 7.49. The van der Waals surface area contributed by atoms with Crippen LogP contribution in [0.15, 0.2) is 48.5 Å². The first kappa shape index (κ1) is 30.2. The van der Waals surface area contributed by atoms with Crippen molar-refractivity contribution in [3.8, 4) is 0 Å². The first-order chi connectivity index (χ1) is 18.7. The molecule has 9 heteroatoms. The van der Waals surface area contributed by atoms with Gasteiger partial charge in [-0.05, 0) is 81.8 Å². The van der Waals surface area contributed by atoms with Gasteiger partial charge in [0.15, 0.2) is 0 Å². The van der Waals surface area contributed by atoms with Gasteiger partial charge in [-0.1, -0.05) is 24.3 Å². The van der Waals surface area contributed by atoms with Crippen LogP contribution in [0.25, 0.3) is 0 Å². The summed E-state index contributed by atoms with van der Waals surface area (Å²) < 4.78 is 30.8. The third kappa shape index (κ3) is 7.62. The van der Waals surface area contributed by atoms with Gasteiger partial charge >= 0.3 is 5.97 Å². The molecule has 0 saturated carbocycles. The second kappa shape index (κ2) is 14.2. The van der Waals surface area contributed by atoms with E-state index < -0.39 is 11.9 Å². The van der Waals surface area contributed by atoms with Gasteiger partial charge in [0.2, 0.25) is 11.8 Å². The summed E-state index contributed by atoms with van der Waals surface area (Å²) in [5, 5.41) is 9.17. The van der Waals surface area contributed by atoms with Gasteiger partial charge in [0.05, 0.1) is 31.2 Å². The lowest BCUT2D eigenvalue weighted by Gasteiger charge is -2.36. The highest BCUT2D eigenvalue weighted by atomic mass is 19.1. The standard InChI is InChI=1S/C16H20FNO3.C14H18FNO2/c1-3-21-16(20)14-5-4-10-18(15(14)19)11(2)12-6-8-13(17)9-7-12;1-10(11-4-6-13(15)7-5-11)16-8-2-3-12(9-17)14(16)18/h6-9,11,14H,3-5,10H2,1-2H3;4-7,10,12,17H,2-3,8-9H2,1H3. The van der Waals surface area contributed by atoms with E-state index in [9.17, 15) is 28.3 Å². The normalized spacial score (nSPS) is 21.1. The number of ether oxygens (including phenoxy) is 1. The van der Waals surface area contributed by atoms with Gasteiger partial charge in [-0.25, -0.2) is 8.78 Å². The van der Waals surface area contributed by atoms with E-state index in [1.165, 1.54) is 24.3 Å². The van der Waals surface area contributed by atoms with E-state index in [1.54, 1.807) is 41.0 Å². The van der Waals surface area contributed by atoms with Crippen LogP contribution in [0.1, 0.15) is 69.7 Å². The number of aliphatic hydroxyl groups is 1. The summed E-state index contributed by atoms with van der Waals surface area (Å²) in [4.78, 5) is 39.9. The second-order valence-corrected chi connectivity index (χ2v) is 9.99. The SMILES string of the molecule is CC(c1ccc(F)cc1)N1CCCC(CO)C1=O.CCOC(=O)C1CCCN(C(C)c2ccc(F)cc2)C1=O. The van der Waals surface area contributed by atoms with E-state index in [-0.39, 0.29) is 54.7 Å². The highest BCUT2D eigenvalue weighted by Gasteiger charge is 2.37. The molecular formula is C30H38F2N2O5. The Morgan fingerprint density at radius 1 is 0.872 bits per heavy atom. The predicted octanol–water partition coefficient (Wildman–Crippen LogP) is 4.81. The lowest BCUT2D eigenvalue weighted by molar-refractivity contribution is -0.159. The largest absolute Gasteiger partial charge is 0.465 e. The molecule has 2 aliphatic heterocycles. The molecule has 0 bridgehead atoms. The van der Waals surface area contributed by atoms with Crippen molar-refractivity contribution in [2.24, 2.45) is 11.8 Å². The molecule has 4 rings (SSSR count). The molecule has 2 heterocycles. The summed E-state index contributed by atoms with van der Waals surface area (Å²) in [6.45, 7) is 7.04. The number of likely N-dealkylation sites (tertiary alicyclic amines) is 2. The Hall–Kier alpha value is -3.33. The molecule has 212 valence electrons. The molecule has 39 heavy (non-hydrogen) atoms. The van der Waals surface area contributed by atoms with Crippen LogP contribution < -0.4 is 0 Å². The van der Waals surface area contributed by atoms with Crippen LogP contribution in [0.5, 0.6) is 0 Å². The van der Waals surface area contributed by atoms with Gasteiger partial charge in [0, 0.05) is 13.1 Å². The second-order valence-electron chi connectivity index (χ2n) is 9.99. The average molecular weight is 545 g/mol. The van der Waals surface area contributed by atoms with E-state index >= 15 is 0 Å². The van der Waals surface area contributed by atoms with Gasteiger partial charge in [-0.2, -0.15) is 0 Å². The minimum absolute atomic E-state index is 0.000532. The Morgan fingerprint density at radius 2 is 1.33 bits per heavy atom. The number of amides is 2. The summed E-state index contributed by atoms with van der Waals surface area (Å²) in [5.74, 6) is -2.21. The molecule has 0 radical (unpaired) electrons. The zero-order valence-corrected chi connectivity index (χ0v) is 22.8. The van der Waals surface area contributed by atoms with E-state index in [2.05, 4.69) is 0 Å². The van der Waals surface area contributed by atoms with Crippen LogP contribution in [0.2, 0.25) is 0 Å². The van der Waals surface area contributed by atoms with Crippen LogP contribution >= 0.6 is 0 Å². The molecule has 2 aromatic carbocycles. The number of aliphatic hydroxyl groups excluding tert-OH is 1. The number of nitrogens with zero attached hydrogens (tertiary/aromatic N) is 2. The summed E-state index contributed by atoms with van der Waals surface area (Å²) in [7, 11) is 0. The molecule has 2 amide bonds. The van der Waals surface area contributed by atoms with Crippen LogP contribution in [0, 0.1) is 23.5 Å². The smallest absolute Gasteiger partial charge is 0.318 e. The van der Waals surface area contributed by atoms with Crippen LogP contribution in [-0.4, -0.2) is 59.0 Å². The Kier molecular flexibility index (Phi) is 11.0. The maximum absolute atomic E-state index is 13.0. The van der Waals surface area contributed by atoms with E-state index in [0.717, 1.165) is 30.4 Å². The molecule has 0 aromatic heterocycles. The fourth-order valence-corrected chi connectivity index (χ4v) is 5.12. The quantitative estimate of drug-likeness (QED) is 0.400. The zero-order chi connectivity index (χ0) is 28.5. The number of hydrogen-bond acceptors (Lipinski definition) is 5. The topological polar surface area (TPSA) is 87.2 Å². The van der Waals surface area contributed by atoms with Crippen molar-refractivity contribution < 1.29 is 33.0 Å². The number of carbonyl (C=O) groups is 3. The fraction of sp³-hybridized carbons (Fsp3) is 0.500. The Balaban J connectivity index is 0.000000218. The monoisotopic (exact) mass is 544 g/mol. The highest BCUT2D eigenvalue weighted by molar-refractivity contribution is 5.98. The first-order valence-electron chi connectivity index (χ1n) is 13.6. The third-order valence-corrected chi connectivity index (χ3v) is 7.49. The Bertz CT molecular complexity index is 1110. The number of esters is 1. The van der Waals surface area contributed by atoms with E-state index in [1.807, 2.05) is 13.8 Å². The lowest BCUT2D eigenvalue weighted by atomic mass is 9.94. The number of piperidine rings is 2. The summed E-state index contributed by atoms with van der Waals surface area (Å²) >= 11 is 0. The van der Waals surface area contributed by atoms with Crippen LogP contribution in [-0.2, 0) is 19.1 Å². The molecule has 2 saturated heterocycles. The maximum atomic E-state index is 13.0. The number of rotatable bonds is 7. The van der Waals surface area contributed by atoms with Crippen molar-refractivity contribution in [3.05, 3.63) is 71.3 Å². The number of benzene rings is 2. The molecule has 2 aliphatic rings. The highest BCUT2D eigenvalue weighted by Crippen LogP contribution is 2.29. The molecule has 2 aromatic rings. The Morgan fingerprint density at radius 3 is 1.79 bits per heavy atom. The maximum Gasteiger partial charge on any atom is 0.318 e.